The van der Waals surface area contributed by atoms with E-state index in [1.165, 1.54) is 89.0 Å². The van der Waals surface area contributed by atoms with Gasteiger partial charge >= 0.3 is 0 Å². The molecule has 0 radical (unpaired) electrons. The first-order chi connectivity index (χ1) is 30.2. The first kappa shape index (κ1) is 35.3. The fourth-order valence-electron chi connectivity index (χ4n) is 10.9. The predicted octanol–water partition coefficient (Wildman–Crippen LogP) is 16.8. The predicted molar refractivity (Wildman–Crippen MR) is 258 cm³/mol. The van der Waals surface area contributed by atoms with Gasteiger partial charge in [-0.25, -0.2) is 0 Å². The number of benzene rings is 9. The van der Waals surface area contributed by atoms with E-state index in [1.54, 1.807) is 0 Å². The van der Waals surface area contributed by atoms with Gasteiger partial charge in [0.25, 0.3) is 0 Å². The topological polar surface area (TPSA) is 26.3 Å². The van der Waals surface area contributed by atoms with Crippen LogP contribution in [0.3, 0.4) is 0 Å². The fraction of sp³-hybridized carbons (Fsp3) is 0.100. The largest absolute Gasteiger partial charge is 0.456 e. The highest BCUT2D eigenvalue weighted by molar-refractivity contribution is 6.15. The summed E-state index contributed by atoms with van der Waals surface area (Å²) in [6.07, 6.45) is 0. The molecule has 2 aliphatic rings. The van der Waals surface area contributed by atoms with Crippen molar-refractivity contribution in [3.8, 4) is 66.8 Å². The molecule has 0 fully saturated rings. The second-order valence-electron chi connectivity index (χ2n) is 18.5. The van der Waals surface area contributed by atoms with Crippen LogP contribution in [0.15, 0.2) is 191 Å². The molecule has 2 heterocycles. The molecule has 11 aromatic rings. The van der Waals surface area contributed by atoms with Gasteiger partial charge in [-0.05, 0) is 150 Å². The van der Waals surface area contributed by atoms with Crippen molar-refractivity contribution < 1.29 is 8.83 Å². The Morgan fingerprint density at radius 2 is 0.548 bits per heavy atom. The van der Waals surface area contributed by atoms with Crippen molar-refractivity contribution in [1.29, 1.82) is 0 Å². The summed E-state index contributed by atoms with van der Waals surface area (Å²) in [5.74, 6) is 0. The highest BCUT2D eigenvalue weighted by Gasteiger charge is 2.37. The maximum absolute atomic E-state index is 6.58. The van der Waals surface area contributed by atoms with Gasteiger partial charge in [0.05, 0.1) is 0 Å². The minimum Gasteiger partial charge on any atom is -0.456 e. The summed E-state index contributed by atoms with van der Waals surface area (Å²) in [6.45, 7) is 9.43. The molecule has 0 saturated carbocycles. The average Bonchev–Trinajstić information content (AvgIpc) is 3.99. The van der Waals surface area contributed by atoms with E-state index in [-0.39, 0.29) is 10.8 Å². The Labute approximate surface area is 360 Å². The summed E-state index contributed by atoms with van der Waals surface area (Å²) in [7, 11) is 0. The lowest BCUT2D eigenvalue weighted by atomic mass is 9.81. The Kier molecular flexibility index (Phi) is 7.16. The molecule has 0 atom stereocenters. The molecule has 62 heavy (non-hydrogen) atoms. The molecule has 0 saturated heterocycles. The van der Waals surface area contributed by atoms with Crippen LogP contribution in [-0.4, -0.2) is 0 Å². The van der Waals surface area contributed by atoms with Crippen molar-refractivity contribution in [2.75, 3.05) is 0 Å². The lowest BCUT2D eigenvalue weighted by Crippen LogP contribution is -2.15. The normalized spacial score (nSPS) is 14.4. The van der Waals surface area contributed by atoms with Crippen LogP contribution >= 0.6 is 0 Å². The zero-order valence-electron chi connectivity index (χ0n) is 35.1. The van der Waals surface area contributed by atoms with Crippen molar-refractivity contribution in [2.24, 2.45) is 0 Å². The molecule has 9 aromatic carbocycles. The van der Waals surface area contributed by atoms with Crippen LogP contribution in [0.4, 0.5) is 0 Å². The number of hydrogen-bond acceptors (Lipinski definition) is 2. The lowest BCUT2D eigenvalue weighted by molar-refractivity contribution is 0.660. The molecule has 294 valence electrons. The number of rotatable bonds is 4. The van der Waals surface area contributed by atoms with E-state index >= 15 is 0 Å². The summed E-state index contributed by atoms with van der Waals surface area (Å²) < 4.78 is 13.2. The quantitative estimate of drug-likeness (QED) is 0.177. The Balaban J connectivity index is 0.847. The highest BCUT2D eigenvalue weighted by Crippen LogP contribution is 2.52. The summed E-state index contributed by atoms with van der Waals surface area (Å²) in [4.78, 5) is 0. The van der Waals surface area contributed by atoms with E-state index in [9.17, 15) is 0 Å². The molecule has 13 rings (SSSR count). The van der Waals surface area contributed by atoms with Crippen LogP contribution in [0, 0.1) is 0 Å². The molecule has 0 spiro atoms. The molecular formula is C60H42O2. The third kappa shape index (κ3) is 5.04. The summed E-state index contributed by atoms with van der Waals surface area (Å²) in [5, 5.41) is 4.31. The highest BCUT2D eigenvalue weighted by atomic mass is 16.3. The van der Waals surface area contributed by atoms with Gasteiger partial charge in [0.15, 0.2) is 0 Å². The number of fused-ring (bicyclic) bond motifs is 12. The molecule has 2 heteroatoms. The zero-order valence-corrected chi connectivity index (χ0v) is 35.1. The SMILES string of the molecule is CC1(C)c2cc(-c3ccccc3)ccc2-c2ccc(-c3ccc4oc5cc6c(cc5c4c3)oc3ccc(-c4ccc5c(c4)C(C)(C)c4cc(-c7ccccc7)ccc4-5)cc36)cc21. The zero-order chi connectivity index (χ0) is 41.5. The summed E-state index contributed by atoms with van der Waals surface area (Å²) in [5.41, 5.74) is 23.8. The summed E-state index contributed by atoms with van der Waals surface area (Å²) >= 11 is 0. The van der Waals surface area contributed by atoms with Gasteiger partial charge in [-0.3, -0.25) is 0 Å². The Morgan fingerprint density at radius 1 is 0.258 bits per heavy atom. The van der Waals surface area contributed by atoms with E-state index in [0.29, 0.717) is 0 Å². The molecule has 2 aliphatic carbocycles. The van der Waals surface area contributed by atoms with Crippen LogP contribution in [0.5, 0.6) is 0 Å². The van der Waals surface area contributed by atoms with Gasteiger partial charge < -0.3 is 8.83 Å². The molecule has 2 aromatic heterocycles. The van der Waals surface area contributed by atoms with Gasteiger partial charge in [0.1, 0.15) is 22.3 Å². The summed E-state index contributed by atoms with van der Waals surface area (Å²) in [6, 6.07) is 66.8. The van der Waals surface area contributed by atoms with Crippen LogP contribution in [0.2, 0.25) is 0 Å². The average molecular weight is 795 g/mol. The molecule has 0 amide bonds. The third-order valence-corrected chi connectivity index (χ3v) is 14.3. The number of hydrogen-bond donors (Lipinski definition) is 0. The minimum atomic E-state index is -0.124. The lowest BCUT2D eigenvalue weighted by Gasteiger charge is -2.22. The second-order valence-corrected chi connectivity index (χ2v) is 18.5. The van der Waals surface area contributed by atoms with E-state index in [0.717, 1.165) is 43.9 Å². The van der Waals surface area contributed by atoms with E-state index in [1.807, 2.05) is 0 Å². The smallest absolute Gasteiger partial charge is 0.136 e. The minimum absolute atomic E-state index is 0.124. The molecule has 2 nitrogen and oxygen atoms in total. The van der Waals surface area contributed by atoms with Crippen LogP contribution in [-0.2, 0) is 10.8 Å². The van der Waals surface area contributed by atoms with E-state index in [4.69, 9.17) is 8.83 Å². The van der Waals surface area contributed by atoms with Crippen molar-refractivity contribution in [1.82, 2.24) is 0 Å². The third-order valence-electron chi connectivity index (χ3n) is 14.3. The standard InChI is InChI=1S/C60H42O2/c1-59(2)51-29-39(35-11-7-5-8-12-35)15-21-43(51)45-23-17-41(31-53(45)59)37-19-25-55-47(27-37)49-33-58-50(34-57(49)61-55)48-28-38(20-26-56(48)62-58)42-18-24-46-44-22-16-40(36-13-9-6-10-14-36)30-52(44)60(3,4)54(46)32-42/h5-34H,1-4H3. The molecule has 0 N–H and O–H groups in total. The van der Waals surface area contributed by atoms with Crippen LogP contribution in [0.1, 0.15) is 49.9 Å². The Morgan fingerprint density at radius 3 is 0.903 bits per heavy atom. The van der Waals surface area contributed by atoms with Gasteiger partial charge in [-0.1, -0.05) is 149 Å². The van der Waals surface area contributed by atoms with Crippen LogP contribution < -0.4 is 0 Å². The van der Waals surface area contributed by atoms with Crippen molar-refractivity contribution in [3.63, 3.8) is 0 Å². The molecular weight excluding hydrogens is 753 g/mol. The van der Waals surface area contributed by atoms with E-state index in [2.05, 4.69) is 210 Å². The second kappa shape index (κ2) is 12.6. The molecule has 0 unspecified atom stereocenters. The van der Waals surface area contributed by atoms with Crippen LogP contribution in [0.25, 0.3) is 111 Å². The van der Waals surface area contributed by atoms with E-state index < -0.39 is 0 Å². The first-order valence-electron chi connectivity index (χ1n) is 21.7. The fourth-order valence-corrected chi connectivity index (χ4v) is 10.9. The van der Waals surface area contributed by atoms with Gasteiger partial charge in [-0.2, -0.15) is 0 Å². The Bertz CT molecular complexity index is 3430. The van der Waals surface area contributed by atoms with Gasteiger partial charge in [-0.15, -0.1) is 0 Å². The molecule has 0 aliphatic heterocycles. The monoisotopic (exact) mass is 794 g/mol. The maximum atomic E-state index is 6.58. The van der Waals surface area contributed by atoms with Crippen molar-refractivity contribution in [2.45, 2.75) is 38.5 Å². The van der Waals surface area contributed by atoms with Crippen molar-refractivity contribution >= 4 is 43.9 Å². The van der Waals surface area contributed by atoms with Gasteiger partial charge in [0, 0.05) is 32.4 Å². The number of furan rings is 2. The first-order valence-corrected chi connectivity index (χ1v) is 21.7. The Hall–Kier alpha value is -7.42. The van der Waals surface area contributed by atoms with Gasteiger partial charge in [0.2, 0.25) is 0 Å². The maximum Gasteiger partial charge on any atom is 0.136 e. The molecule has 0 bridgehead atoms. The van der Waals surface area contributed by atoms with Crippen molar-refractivity contribution in [3.05, 3.63) is 204 Å².